The molecule has 1 aromatic carbocycles. The summed E-state index contributed by atoms with van der Waals surface area (Å²) in [5, 5.41) is 16.4. The standard InChI is InChI=1S/C18H26N5O2/c1-13-9-14-11-16-17(12-15(14)10-13)23(24)21-18(20-16)19-3-2-4-22-5-7-25-8-6-22/h11-13H,2-10H2,1H3,(H2,19,20,21)/q-1. The lowest BCUT2D eigenvalue weighted by Crippen LogP contribution is -2.46. The molecule has 2 heterocycles. The molecule has 7 heteroatoms. The van der Waals surface area contributed by atoms with Crippen LogP contribution in [0.2, 0.25) is 0 Å². The number of hydrogen-bond acceptors (Lipinski definition) is 5. The fourth-order valence-corrected chi connectivity index (χ4v) is 3.84. The zero-order valence-corrected chi connectivity index (χ0v) is 14.8. The van der Waals surface area contributed by atoms with Crippen LogP contribution >= 0.6 is 0 Å². The van der Waals surface area contributed by atoms with Crippen molar-refractivity contribution < 1.29 is 4.74 Å². The Morgan fingerprint density at radius 2 is 2.00 bits per heavy atom. The van der Waals surface area contributed by atoms with Gasteiger partial charge in [0.25, 0.3) is 0 Å². The van der Waals surface area contributed by atoms with Gasteiger partial charge in [-0.1, -0.05) is 6.92 Å². The summed E-state index contributed by atoms with van der Waals surface area (Å²) in [6, 6.07) is 4.12. The highest BCUT2D eigenvalue weighted by atomic mass is 16.5. The summed E-state index contributed by atoms with van der Waals surface area (Å²) >= 11 is 0. The van der Waals surface area contributed by atoms with Gasteiger partial charge in [0.1, 0.15) is 0 Å². The number of morpholine rings is 1. The van der Waals surface area contributed by atoms with Crippen molar-refractivity contribution in [2.24, 2.45) is 10.9 Å². The summed E-state index contributed by atoms with van der Waals surface area (Å²) in [6.07, 6.45) is 3.11. The number of ether oxygens (including phenoxy) is 1. The Kier molecular flexibility index (Phi) is 4.78. The molecule has 0 radical (unpaired) electrons. The molecule has 0 aromatic heterocycles. The van der Waals surface area contributed by atoms with Crippen molar-refractivity contribution in [1.29, 1.82) is 0 Å². The molecule has 1 aromatic rings. The summed E-state index contributed by atoms with van der Waals surface area (Å²) in [6.45, 7) is 7.60. The number of anilines is 2. The van der Waals surface area contributed by atoms with Gasteiger partial charge in [0, 0.05) is 26.2 Å². The van der Waals surface area contributed by atoms with Crippen LogP contribution in [-0.4, -0.2) is 50.3 Å². The van der Waals surface area contributed by atoms with Gasteiger partial charge in [-0.05, 0) is 48.4 Å². The number of guanidine groups is 1. The predicted octanol–water partition coefficient (Wildman–Crippen LogP) is 1.73. The maximum absolute atomic E-state index is 12.3. The highest BCUT2D eigenvalue weighted by Gasteiger charge is 2.23. The fourth-order valence-electron chi connectivity index (χ4n) is 3.84. The van der Waals surface area contributed by atoms with Gasteiger partial charge in [-0.25, -0.2) is 0 Å². The molecule has 0 spiro atoms. The van der Waals surface area contributed by atoms with Crippen LogP contribution in [0.15, 0.2) is 17.1 Å². The summed E-state index contributed by atoms with van der Waals surface area (Å²) in [5.41, 5.74) is 6.95. The van der Waals surface area contributed by atoms with Gasteiger partial charge < -0.3 is 20.4 Å². The van der Waals surface area contributed by atoms with Gasteiger partial charge in [-0.2, -0.15) is 0 Å². The van der Waals surface area contributed by atoms with E-state index < -0.39 is 0 Å². The number of hydrogen-bond donors (Lipinski definition) is 2. The number of rotatable bonds is 4. The number of nitrogens with one attached hydrogen (secondary N) is 2. The van der Waals surface area contributed by atoms with Crippen molar-refractivity contribution in [3.8, 4) is 0 Å². The molecule has 4 rings (SSSR count). The largest absolute Gasteiger partial charge is 0.739 e. The van der Waals surface area contributed by atoms with Crippen molar-refractivity contribution >= 4 is 17.3 Å². The average molecular weight is 344 g/mol. The fraction of sp³-hybridized carbons (Fsp3) is 0.611. The third-order valence-electron chi connectivity index (χ3n) is 5.14. The smallest absolute Gasteiger partial charge is 0.214 e. The quantitative estimate of drug-likeness (QED) is 0.811. The first kappa shape index (κ1) is 16.6. The van der Waals surface area contributed by atoms with Gasteiger partial charge in [0.05, 0.1) is 24.6 Å². The zero-order chi connectivity index (χ0) is 17.2. The Morgan fingerprint density at radius 3 is 2.80 bits per heavy atom. The maximum atomic E-state index is 12.3. The molecule has 1 unspecified atom stereocenters. The molecule has 1 atom stereocenters. The van der Waals surface area contributed by atoms with Crippen LogP contribution in [0.5, 0.6) is 0 Å². The third-order valence-corrected chi connectivity index (χ3v) is 5.14. The van der Waals surface area contributed by atoms with E-state index in [1.807, 2.05) is 6.07 Å². The van der Waals surface area contributed by atoms with Crippen LogP contribution in [0, 0.1) is 11.1 Å². The van der Waals surface area contributed by atoms with Gasteiger partial charge in [0.15, 0.2) is 0 Å². The van der Waals surface area contributed by atoms with E-state index in [-0.39, 0.29) is 0 Å². The average Bonchev–Trinajstić information content (AvgIpc) is 2.97. The molecule has 0 amide bonds. The highest BCUT2D eigenvalue weighted by molar-refractivity contribution is 6.01. The molecule has 7 nitrogen and oxygen atoms in total. The van der Waals surface area contributed by atoms with E-state index in [1.165, 1.54) is 11.1 Å². The Labute approximate surface area is 148 Å². The Bertz CT molecular complexity index is 657. The maximum Gasteiger partial charge on any atom is 0.214 e. The molecule has 2 N–H and O–H groups in total. The van der Waals surface area contributed by atoms with Crippen molar-refractivity contribution in [3.05, 3.63) is 28.5 Å². The summed E-state index contributed by atoms with van der Waals surface area (Å²) < 4.78 is 5.36. The molecular formula is C18H26N5O2-. The number of fused-ring (bicyclic) bond motifs is 2. The van der Waals surface area contributed by atoms with Crippen LogP contribution in [0.25, 0.3) is 0 Å². The molecule has 2 aliphatic heterocycles. The SMILES string of the molecule is CC1Cc2cc3c(cc2C1)N([O-])NC(=NCCCN1CCOCC1)N3. The predicted molar refractivity (Wildman–Crippen MR) is 99.8 cm³/mol. The molecule has 1 aliphatic carbocycles. The van der Waals surface area contributed by atoms with Crippen LogP contribution in [0.3, 0.4) is 0 Å². The summed E-state index contributed by atoms with van der Waals surface area (Å²) in [7, 11) is 0. The number of nitrogens with zero attached hydrogens (tertiary/aromatic N) is 3. The lowest BCUT2D eigenvalue weighted by atomic mass is 10.1. The van der Waals surface area contributed by atoms with Crippen LogP contribution in [0.4, 0.5) is 11.4 Å². The third kappa shape index (κ3) is 3.73. The molecule has 1 fully saturated rings. The molecule has 3 aliphatic rings. The molecule has 0 bridgehead atoms. The summed E-state index contributed by atoms with van der Waals surface area (Å²) in [5.74, 6) is 1.19. The monoisotopic (exact) mass is 344 g/mol. The topological polar surface area (TPSA) is 75.2 Å². The van der Waals surface area contributed by atoms with Crippen LogP contribution in [0.1, 0.15) is 24.5 Å². The van der Waals surface area contributed by atoms with Crippen LogP contribution in [-0.2, 0) is 17.6 Å². The van der Waals surface area contributed by atoms with Crippen LogP contribution < -0.4 is 15.9 Å². The van der Waals surface area contributed by atoms with Crippen molar-refractivity contribution in [2.75, 3.05) is 49.9 Å². The number of benzene rings is 1. The molecule has 25 heavy (non-hydrogen) atoms. The van der Waals surface area contributed by atoms with Gasteiger partial charge in [-0.3, -0.25) is 15.3 Å². The number of aliphatic imine (C=N–C) groups is 1. The van der Waals surface area contributed by atoms with E-state index >= 15 is 0 Å². The lowest BCUT2D eigenvalue weighted by Gasteiger charge is -2.38. The van der Waals surface area contributed by atoms with Gasteiger partial charge in [-0.15, -0.1) is 0 Å². The first-order valence-electron chi connectivity index (χ1n) is 9.20. The van der Waals surface area contributed by atoms with E-state index in [4.69, 9.17) is 4.74 Å². The Morgan fingerprint density at radius 1 is 1.24 bits per heavy atom. The highest BCUT2D eigenvalue weighted by Crippen LogP contribution is 2.36. The molecule has 0 saturated carbocycles. The van der Waals surface area contributed by atoms with Crippen molar-refractivity contribution in [1.82, 2.24) is 10.3 Å². The lowest BCUT2D eigenvalue weighted by molar-refractivity contribution is 0.0377. The second-order valence-electron chi connectivity index (χ2n) is 7.22. The van der Waals surface area contributed by atoms with Crippen molar-refractivity contribution in [2.45, 2.75) is 26.2 Å². The minimum absolute atomic E-state index is 0.537. The molecule has 1 saturated heterocycles. The van der Waals surface area contributed by atoms with Crippen molar-refractivity contribution in [3.63, 3.8) is 0 Å². The van der Waals surface area contributed by atoms with Gasteiger partial charge >= 0.3 is 0 Å². The first-order chi connectivity index (χ1) is 12.2. The molecular weight excluding hydrogens is 318 g/mol. The second-order valence-corrected chi connectivity index (χ2v) is 7.22. The minimum atomic E-state index is 0.537. The normalized spacial score (nSPS) is 24.6. The Hall–Kier alpha value is -1.83. The Balaban J connectivity index is 1.36. The summed E-state index contributed by atoms with van der Waals surface area (Å²) in [4.78, 5) is 6.91. The first-order valence-corrected chi connectivity index (χ1v) is 9.20. The zero-order valence-electron chi connectivity index (χ0n) is 14.8. The van der Waals surface area contributed by atoms with Gasteiger partial charge in [0.2, 0.25) is 5.96 Å². The van der Waals surface area contributed by atoms with E-state index in [9.17, 15) is 5.21 Å². The minimum Gasteiger partial charge on any atom is -0.739 e. The number of hydrazine groups is 1. The van der Waals surface area contributed by atoms with E-state index in [1.54, 1.807) is 0 Å². The van der Waals surface area contributed by atoms with E-state index in [2.05, 4.69) is 33.6 Å². The molecule has 136 valence electrons. The van der Waals surface area contributed by atoms with E-state index in [0.717, 1.165) is 63.0 Å². The second kappa shape index (κ2) is 7.19. The van der Waals surface area contributed by atoms with E-state index in [0.29, 0.717) is 24.1 Å².